The van der Waals surface area contributed by atoms with E-state index in [9.17, 15) is 9.18 Å². The molecule has 0 unspecified atom stereocenters. The van der Waals surface area contributed by atoms with E-state index in [1.165, 1.54) is 12.1 Å². The molecule has 2 aliphatic heterocycles. The summed E-state index contributed by atoms with van der Waals surface area (Å²) < 4.78 is 29.6. The fraction of sp³-hybridized carbons (Fsp3) is 0.588. The second-order valence-corrected chi connectivity index (χ2v) is 5.98. The molecule has 3 rings (SSSR count). The molecule has 2 saturated heterocycles. The van der Waals surface area contributed by atoms with Gasteiger partial charge < -0.3 is 24.4 Å². The summed E-state index contributed by atoms with van der Waals surface area (Å²) in [7, 11) is 0. The number of nitrogens with one attached hydrogen (secondary N) is 1. The van der Waals surface area contributed by atoms with Gasteiger partial charge in [-0.05, 0) is 30.7 Å². The van der Waals surface area contributed by atoms with Gasteiger partial charge in [-0.1, -0.05) is 0 Å². The topological polar surface area (TPSA) is 60.0 Å². The van der Waals surface area contributed by atoms with Gasteiger partial charge in [0.15, 0.2) is 5.79 Å². The van der Waals surface area contributed by atoms with E-state index in [0.717, 1.165) is 0 Å². The zero-order chi connectivity index (χ0) is 16.8. The Morgan fingerprint density at radius 1 is 1.21 bits per heavy atom. The van der Waals surface area contributed by atoms with Crippen LogP contribution in [0.5, 0.6) is 5.75 Å². The van der Waals surface area contributed by atoms with Crippen LogP contribution in [-0.4, -0.2) is 56.2 Å². The monoisotopic (exact) mass is 338 g/mol. The van der Waals surface area contributed by atoms with E-state index in [1.54, 1.807) is 17.0 Å². The minimum absolute atomic E-state index is 0.0652. The van der Waals surface area contributed by atoms with Crippen molar-refractivity contribution in [2.24, 2.45) is 0 Å². The molecule has 24 heavy (non-hydrogen) atoms. The zero-order valence-electron chi connectivity index (χ0n) is 13.6. The van der Waals surface area contributed by atoms with Crippen molar-refractivity contribution in [1.82, 2.24) is 10.2 Å². The van der Waals surface area contributed by atoms with Gasteiger partial charge in [0.25, 0.3) is 0 Å². The fourth-order valence-corrected chi connectivity index (χ4v) is 2.94. The molecule has 1 aromatic carbocycles. The Kier molecular flexibility index (Phi) is 5.52. The van der Waals surface area contributed by atoms with Crippen LogP contribution in [0.4, 0.5) is 9.18 Å². The van der Waals surface area contributed by atoms with Gasteiger partial charge in [0, 0.05) is 32.5 Å². The quantitative estimate of drug-likeness (QED) is 0.836. The zero-order valence-corrected chi connectivity index (χ0v) is 13.6. The molecule has 1 N–H and O–H groups in total. The number of piperidine rings is 1. The third-order valence-electron chi connectivity index (χ3n) is 4.31. The Balaban J connectivity index is 1.29. The molecule has 0 bridgehead atoms. The van der Waals surface area contributed by atoms with Crippen molar-refractivity contribution >= 4 is 6.03 Å². The maximum absolute atomic E-state index is 12.8. The first-order valence-electron chi connectivity index (χ1n) is 8.36. The molecule has 1 spiro atoms. The normalized spacial score (nSPS) is 19.5. The Morgan fingerprint density at radius 3 is 2.54 bits per heavy atom. The first-order chi connectivity index (χ1) is 11.7. The van der Waals surface area contributed by atoms with Gasteiger partial charge in [-0.2, -0.15) is 0 Å². The number of benzene rings is 1. The molecule has 0 aromatic heterocycles. The predicted octanol–water partition coefficient (Wildman–Crippen LogP) is 2.14. The number of carbonyl (C=O) groups excluding carboxylic acids is 1. The number of likely N-dealkylation sites (tertiary alicyclic amines) is 1. The van der Waals surface area contributed by atoms with E-state index < -0.39 is 5.79 Å². The van der Waals surface area contributed by atoms with Gasteiger partial charge in [0.1, 0.15) is 11.6 Å². The summed E-state index contributed by atoms with van der Waals surface area (Å²) in [6, 6.07) is 5.83. The third-order valence-corrected chi connectivity index (χ3v) is 4.31. The van der Waals surface area contributed by atoms with E-state index in [2.05, 4.69) is 5.32 Å². The molecule has 7 heteroatoms. The summed E-state index contributed by atoms with van der Waals surface area (Å²) in [4.78, 5) is 13.9. The Hall–Kier alpha value is -1.86. The van der Waals surface area contributed by atoms with Crippen LogP contribution in [0.1, 0.15) is 19.3 Å². The van der Waals surface area contributed by atoms with Crippen LogP contribution in [0.3, 0.4) is 0 Å². The van der Waals surface area contributed by atoms with Crippen molar-refractivity contribution in [3.63, 3.8) is 0 Å². The average Bonchev–Trinajstić information content (AvgIpc) is 3.05. The largest absolute Gasteiger partial charge is 0.494 e. The molecule has 2 fully saturated rings. The van der Waals surface area contributed by atoms with Crippen molar-refractivity contribution < 1.29 is 23.4 Å². The first kappa shape index (κ1) is 17.0. The van der Waals surface area contributed by atoms with Crippen LogP contribution in [-0.2, 0) is 9.47 Å². The predicted molar refractivity (Wildman–Crippen MR) is 85.4 cm³/mol. The van der Waals surface area contributed by atoms with Crippen LogP contribution >= 0.6 is 0 Å². The van der Waals surface area contributed by atoms with E-state index in [0.29, 0.717) is 64.5 Å². The molecule has 2 amide bonds. The van der Waals surface area contributed by atoms with Crippen LogP contribution in [0, 0.1) is 5.82 Å². The minimum atomic E-state index is -0.459. The summed E-state index contributed by atoms with van der Waals surface area (Å²) in [5, 5.41) is 2.89. The van der Waals surface area contributed by atoms with Crippen LogP contribution < -0.4 is 10.1 Å². The Bertz CT molecular complexity index is 536. The molecule has 0 aliphatic carbocycles. The van der Waals surface area contributed by atoms with E-state index in [1.807, 2.05) is 0 Å². The number of rotatable bonds is 5. The minimum Gasteiger partial charge on any atom is -0.494 e. The van der Waals surface area contributed by atoms with Crippen LogP contribution in [0.2, 0.25) is 0 Å². The summed E-state index contributed by atoms with van der Waals surface area (Å²) in [5.74, 6) is -0.119. The lowest BCUT2D eigenvalue weighted by Crippen LogP contribution is -2.50. The fourth-order valence-electron chi connectivity index (χ4n) is 2.94. The maximum Gasteiger partial charge on any atom is 0.317 e. The SMILES string of the molecule is O=C(NCCCOc1ccc(F)cc1)N1CCC2(CC1)OCCO2. The molecule has 2 aliphatic rings. The smallest absolute Gasteiger partial charge is 0.317 e. The molecule has 132 valence electrons. The van der Waals surface area contributed by atoms with Gasteiger partial charge in [0.05, 0.1) is 19.8 Å². The number of hydrogen-bond acceptors (Lipinski definition) is 4. The highest BCUT2D eigenvalue weighted by atomic mass is 19.1. The molecule has 1 aromatic rings. The summed E-state index contributed by atoms with van der Waals surface area (Å²) in [6.07, 6.45) is 2.12. The molecular formula is C17H23FN2O4. The van der Waals surface area contributed by atoms with Gasteiger partial charge in [-0.3, -0.25) is 0 Å². The Labute approximate surface area is 140 Å². The van der Waals surface area contributed by atoms with Gasteiger partial charge in [-0.15, -0.1) is 0 Å². The standard InChI is InChI=1S/C17H23FN2O4/c18-14-2-4-15(5-3-14)22-11-1-8-19-16(21)20-9-6-17(7-10-20)23-12-13-24-17/h2-5H,1,6-13H2,(H,19,21). The van der Waals surface area contributed by atoms with Crippen LogP contribution in [0.15, 0.2) is 24.3 Å². The lowest BCUT2D eigenvalue weighted by Gasteiger charge is -2.37. The highest BCUT2D eigenvalue weighted by molar-refractivity contribution is 5.74. The highest BCUT2D eigenvalue weighted by Gasteiger charge is 2.40. The number of hydrogen-bond donors (Lipinski definition) is 1. The van der Waals surface area contributed by atoms with Crippen molar-refractivity contribution in [3.8, 4) is 5.75 Å². The van der Waals surface area contributed by atoms with E-state index >= 15 is 0 Å². The number of nitrogens with zero attached hydrogens (tertiary/aromatic N) is 1. The van der Waals surface area contributed by atoms with Gasteiger partial charge >= 0.3 is 6.03 Å². The lowest BCUT2D eigenvalue weighted by molar-refractivity contribution is -0.181. The number of ether oxygens (including phenoxy) is 3. The highest BCUT2D eigenvalue weighted by Crippen LogP contribution is 2.31. The summed E-state index contributed by atoms with van der Waals surface area (Å²) in [6.45, 7) is 3.56. The van der Waals surface area contributed by atoms with E-state index in [-0.39, 0.29) is 11.8 Å². The summed E-state index contributed by atoms with van der Waals surface area (Å²) in [5.41, 5.74) is 0. The Morgan fingerprint density at radius 2 is 1.88 bits per heavy atom. The molecular weight excluding hydrogens is 315 g/mol. The number of carbonyl (C=O) groups is 1. The first-order valence-corrected chi connectivity index (χ1v) is 8.36. The second-order valence-electron chi connectivity index (χ2n) is 5.98. The van der Waals surface area contributed by atoms with E-state index in [4.69, 9.17) is 14.2 Å². The molecule has 0 saturated carbocycles. The summed E-state index contributed by atoms with van der Waals surface area (Å²) >= 11 is 0. The number of urea groups is 1. The van der Waals surface area contributed by atoms with Gasteiger partial charge in [0.2, 0.25) is 0 Å². The molecule has 2 heterocycles. The lowest BCUT2D eigenvalue weighted by atomic mass is 10.0. The second kappa shape index (κ2) is 7.81. The average molecular weight is 338 g/mol. The number of halogens is 1. The third kappa shape index (κ3) is 4.36. The molecule has 0 radical (unpaired) electrons. The number of amides is 2. The molecule has 0 atom stereocenters. The van der Waals surface area contributed by atoms with Crippen molar-refractivity contribution in [2.45, 2.75) is 25.0 Å². The van der Waals surface area contributed by atoms with Crippen LogP contribution in [0.25, 0.3) is 0 Å². The van der Waals surface area contributed by atoms with Crippen molar-refractivity contribution in [2.75, 3.05) is 39.5 Å². The van der Waals surface area contributed by atoms with Crippen molar-refractivity contribution in [3.05, 3.63) is 30.1 Å². The maximum atomic E-state index is 12.8. The van der Waals surface area contributed by atoms with Gasteiger partial charge in [-0.25, -0.2) is 9.18 Å². The van der Waals surface area contributed by atoms with Crippen molar-refractivity contribution in [1.29, 1.82) is 0 Å². The molecule has 6 nitrogen and oxygen atoms in total.